The number of nitrogens with zero attached hydrogens (tertiary/aromatic N) is 1. The lowest BCUT2D eigenvalue weighted by atomic mass is 10.2. The molecule has 0 aliphatic carbocycles. The molecule has 2 aromatic heterocycles. The molecule has 0 saturated heterocycles. The Morgan fingerprint density at radius 1 is 1.52 bits per heavy atom. The minimum absolute atomic E-state index is 0.108. The van der Waals surface area contributed by atoms with Crippen LogP contribution in [-0.2, 0) is 0 Å². The molecule has 4 nitrogen and oxygen atoms in total. The quantitative estimate of drug-likeness (QED) is 0.794. The van der Waals surface area contributed by atoms with Gasteiger partial charge in [-0.2, -0.15) is 0 Å². The molecule has 0 spiro atoms. The van der Waals surface area contributed by atoms with E-state index in [2.05, 4.69) is 31.5 Å². The monoisotopic (exact) mass is 387 g/mol. The number of hydrogen-bond donors (Lipinski definition) is 2. The van der Waals surface area contributed by atoms with Crippen molar-refractivity contribution in [1.82, 2.24) is 10.3 Å². The van der Waals surface area contributed by atoms with Gasteiger partial charge < -0.3 is 10.6 Å². The highest BCUT2D eigenvalue weighted by molar-refractivity contribution is 9.10. The molecule has 0 fully saturated rings. The van der Waals surface area contributed by atoms with Crippen molar-refractivity contribution < 1.29 is 4.79 Å². The van der Waals surface area contributed by atoms with Crippen LogP contribution in [0.15, 0.2) is 28.9 Å². The molecule has 7 heteroatoms. The number of pyridine rings is 1. The number of hydrogen-bond acceptors (Lipinski definition) is 4. The fourth-order valence-corrected chi connectivity index (χ4v) is 3.22. The summed E-state index contributed by atoms with van der Waals surface area (Å²) in [6, 6.07) is 5.40. The summed E-state index contributed by atoms with van der Waals surface area (Å²) in [5.41, 5.74) is 0.515. The molecule has 2 N–H and O–H groups in total. The summed E-state index contributed by atoms with van der Waals surface area (Å²) in [4.78, 5) is 17.7. The molecule has 2 aromatic rings. The van der Waals surface area contributed by atoms with Crippen LogP contribution in [0.1, 0.15) is 35.1 Å². The van der Waals surface area contributed by atoms with Crippen LogP contribution >= 0.6 is 38.9 Å². The molecular formula is C14H15BrClN3OS. The maximum Gasteiger partial charge on any atom is 0.255 e. The fourth-order valence-electron chi connectivity index (χ4n) is 1.83. The Labute approximate surface area is 141 Å². The Morgan fingerprint density at radius 3 is 2.90 bits per heavy atom. The normalized spacial score (nSPS) is 12.0. The van der Waals surface area contributed by atoms with Crippen molar-refractivity contribution in [2.45, 2.75) is 19.9 Å². The van der Waals surface area contributed by atoms with E-state index >= 15 is 0 Å². The van der Waals surface area contributed by atoms with Gasteiger partial charge in [-0.15, -0.1) is 11.3 Å². The lowest BCUT2D eigenvalue weighted by Crippen LogP contribution is -2.27. The first-order valence-electron chi connectivity index (χ1n) is 6.46. The number of halogens is 2. The van der Waals surface area contributed by atoms with E-state index in [1.807, 2.05) is 26.0 Å². The van der Waals surface area contributed by atoms with Crippen LogP contribution in [0, 0.1) is 0 Å². The van der Waals surface area contributed by atoms with E-state index < -0.39 is 0 Å². The number of aromatic nitrogens is 1. The second-order valence-electron chi connectivity index (χ2n) is 4.42. The summed E-state index contributed by atoms with van der Waals surface area (Å²) in [6.45, 7) is 4.59. The van der Waals surface area contributed by atoms with Crippen molar-refractivity contribution in [3.63, 3.8) is 0 Å². The minimum atomic E-state index is -0.170. The summed E-state index contributed by atoms with van der Waals surface area (Å²) >= 11 is 10.7. The molecule has 0 saturated carbocycles. The molecule has 0 aromatic carbocycles. The first-order chi connectivity index (χ1) is 10.0. The van der Waals surface area contributed by atoms with E-state index in [1.165, 1.54) is 11.3 Å². The minimum Gasteiger partial charge on any atom is -0.370 e. The Hall–Kier alpha value is -1.11. The highest BCUT2D eigenvalue weighted by atomic mass is 79.9. The Bertz CT molecular complexity index is 647. The number of thiophene rings is 1. The lowest BCUT2D eigenvalue weighted by molar-refractivity contribution is 0.0941. The second kappa shape index (κ2) is 7.24. The predicted octanol–water partition coefficient (Wildman–Crippen LogP) is 4.48. The summed E-state index contributed by atoms with van der Waals surface area (Å²) in [5.74, 6) is 0.409. The van der Waals surface area contributed by atoms with Crippen LogP contribution in [0.5, 0.6) is 0 Å². The lowest BCUT2D eigenvalue weighted by Gasteiger charge is -2.14. The van der Waals surface area contributed by atoms with Crippen molar-refractivity contribution in [2.75, 3.05) is 11.9 Å². The van der Waals surface area contributed by atoms with E-state index in [4.69, 9.17) is 11.6 Å². The van der Waals surface area contributed by atoms with Gasteiger partial charge in [-0.1, -0.05) is 11.6 Å². The smallest absolute Gasteiger partial charge is 0.255 e. The van der Waals surface area contributed by atoms with Crippen LogP contribution in [-0.4, -0.2) is 17.4 Å². The van der Waals surface area contributed by atoms with E-state index in [0.29, 0.717) is 22.3 Å². The van der Waals surface area contributed by atoms with Crippen LogP contribution in [0.4, 0.5) is 5.82 Å². The van der Waals surface area contributed by atoms with Crippen molar-refractivity contribution in [3.8, 4) is 0 Å². The van der Waals surface area contributed by atoms with Gasteiger partial charge in [0.2, 0.25) is 0 Å². The number of nitrogens with one attached hydrogen (secondary N) is 2. The van der Waals surface area contributed by atoms with Crippen molar-refractivity contribution in [2.24, 2.45) is 0 Å². The van der Waals surface area contributed by atoms with E-state index in [1.54, 1.807) is 12.3 Å². The third kappa shape index (κ3) is 4.18. The van der Waals surface area contributed by atoms with Gasteiger partial charge in [0.15, 0.2) is 0 Å². The van der Waals surface area contributed by atoms with Gasteiger partial charge in [-0.3, -0.25) is 4.79 Å². The molecule has 1 unspecified atom stereocenters. The van der Waals surface area contributed by atoms with Gasteiger partial charge in [0.05, 0.1) is 15.9 Å². The molecular weight excluding hydrogens is 374 g/mol. The second-order valence-corrected chi connectivity index (χ2v) is 7.08. The van der Waals surface area contributed by atoms with Gasteiger partial charge in [0.25, 0.3) is 5.91 Å². The highest BCUT2D eigenvalue weighted by Crippen LogP contribution is 2.27. The van der Waals surface area contributed by atoms with Gasteiger partial charge in [-0.25, -0.2) is 4.98 Å². The molecule has 112 valence electrons. The molecule has 1 amide bonds. The fraction of sp³-hybridized carbons (Fsp3) is 0.286. The zero-order valence-electron chi connectivity index (χ0n) is 11.6. The Kier molecular flexibility index (Phi) is 5.61. The molecule has 1 atom stereocenters. The SMILES string of the molecule is CCNc1ncc(Br)cc1C(=O)NC(C)c1ccc(Cl)s1. The molecule has 0 aliphatic rings. The summed E-state index contributed by atoms with van der Waals surface area (Å²) in [6.07, 6.45) is 1.66. The summed E-state index contributed by atoms with van der Waals surface area (Å²) in [5, 5.41) is 6.05. The first-order valence-corrected chi connectivity index (χ1v) is 8.45. The maximum atomic E-state index is 12.4. The third-order valence-corrected chi connectivity index (χ3v) is 4.66. The van der Waals surface area contributed by atoms with E-state index in [-0.39, 0.29) is 11.9 Å². The molecule has 0 radical (unpaired) electrons. The number of carbonyl (C=O) groups is 1. The summed E-state index contributed by atoms with van der Waals surface area (Å²) in [7, 11) is 0. The average Bonchev–Trinajstić information content (AvgIpc) is 2.87. The Morgan fingerprint density at radius 2 is 2.29 bits per heavy atom. The zero-order valence-corrected chi connectivity index (χ0v) is 14.8. The number of anilines is 1. The largest absolute Gasteiger partial charge is 0.370 e. The van der Waals surface area contributed by atoms with Crippen LogP contribution in [0.25, 0.3) is 0 Å². The van der Waals surface area contributed by atoms with Gasteiger partial charge >= 0.3 is 0 Å². The highest BCUT2D eigenvalue weighted by Gasteiger charge is 2.17. The molecule has 21 heavy (non-hydrogen) atoms. The first kappa shape index (κ1) is 16.3. The van der Waals surface area contributed by atoms with Gasteiger partial charge in [0, 0.05) is 22.1 Å². The van der Waals surface area contributed by atoms with Crippen LogP contribution in [0.2, 0.25) is 4.34 Å². The van der Waals surface area contributed by atoms with Gasteiger partial charge in [0.1, 0.15) is 5.82 Å². The summed E-state index contributed by atoms with van der Waals surface area (Å²) < 4.78 is 1.48. The maximum absolute atomic E-state index is 12.4. The third-order valence-electron chi connectivity index (χ3n) is 2.81. The van der Waals surface area contributed by atoms with Crippen LogP contribution < -0.4 is 10.6 Å². The predicted molar refractivity (Wildman–Crippen MR) is 91.3 cm³/mol. The number of carbonyl (C=O) groups excluding carboxylic acids is 1. The zero-order chi connectivity index (χ0) is 15.4. The van der Waals surface area contributed by atoms with Crippen LogP contribution in [0.3, 0.4) is 0 Å². The van der Waals surface area contributed by atoms with Gasteiger partial charge in [-0.05, 0) is 48.0 Å². The van der Waals surface area contributed by atoms with E-state index in [9.17, 15) is 4.79 Å². The van der Waals surface area contributed by atoms with Crippen molar-refractivity contribution >= 4 is 50.6 Å². The van der Waals surface area contributed by atoms with E-state index in [0.717, 1.165) is 9.35 Å². The topological polar surface area (TPSA) is 54.0 Å². The average molecular weight is 389 g/mol. The molecule has 0 bridgehead atoms. The Balaban J connectivity index is 2.18. The number of amides is 1. The van der Waals surface area contributed by atoms with Crippen molar-refractivity contribution in [1.29, 1.82) is 0 Å². The number of rotatable bonds is 5. The van der Waals surface area contributed by atoms with Crippen molar-refractivity contribution in [3.05, 3.63) is 43.6 Å². The molecule has 2 heterocycles. The standard InChI is InChI=1S/C14H15BrClN3OS/c1-3-17-13-10(6-9(15)7-18-13)14(20)19-8(2)11-4-5-12(16)21-11/h4-8H,3H2,1-2H3,(H,17,18)(H,19,20). The molecule has 0 aliphatic heterocycles. The molecule has 2 rings (SSSR count).